The molecule has 0 bridgehead atoms. The van der Waals surface area contributed by atoms with Crippen molar-refractivity contribution in [3.8, 4) is 0 Å². The molecule has 0 radical (unpaired) electrons. The Morgan fingerprint density at radius 1 is 1.07 bits per heavy atom. The lowest BCUT2D eigenvalue weighted by molar-refractivity contribution is 0.449. The molecule has 0 aliphatic heterocycles. The molecule has 1 unspecified atom stereocenters. The summed E-state index contributed by atoms with van der Waals surface area (Å²) in [5.41, 5.74) is 5.88. The summed E-state index contributed by atoms with van der Waals surface area (Å²) in [4.78, 5) is 0. The van der Waals surface area contributed by atoms with E-state index in [2.05, 4.69) is 13.8 Å². The zero-order valence-corrected chi connectivity index (χ0v) is 11.2. The van der Waals surface area contributed by atoms with Crippen molar-refractivity contribution in [2.24, 2.45) is 11.7 Å². The van der Waals surface area contributed by atoms with E-state index in [1.165, 1.54) is 0 Å². The summed E-state index contributed by atoms with van der Waals surface area (Å²) in [6.07, 6.45) is 2.57. The van der Waals surface area contributed by atoms with Crippen LogP contribution in [0.25, 0.3) is 0 Å². The Morgan fingerprint density at radius 3 is 2.00 bits per heavy atom. The average molecular weight is 235 g/mol. The summed E-state index contributed by atoms with van der Waals surface area (Å²) < 4.78 is 23.0. The number of sulfone groups is 1. The molecule has 15 heavy (non-hydrogen) atoms. The van der Waals surface area contributed by atoms with Crippen molar-refractivity contribution in [2.75, 3.05) is 5.75 Å². The second-order valence-electron chi connectivity index (χ2n) is 4.82. The minimum Gasteiger partial charge on any atom is -0.327 e. The number of rotatable bonds is 7. The second-order valence-corrected chi connectivity index (χ2v) is 7.50. The van der Waals surface area contributed by atoms with Crippen LogP contribution in [-0.4, -0.2) is 25.5 Å². The van der Waals surface area contributed by atoms with Crippen LogP contribution in [0.1, 0.15) is 47.0 Å². The van der Waals surface area contributed by atoms with Crippen molar-refractivity contribution < 1.29 is 8.42 Å². The van der Waals surface area contributed by atoms with Gasteiger partial charge >= 0.3 is 0 Å². The summed E-state index contributed by atoms with van der Waals surface area (Å²) in [6.45, 7) is 7.65. The molecule has 0 aromatic carbocycles. The van der Waals surface area contributed by atoms with Gasteiger partial charge in [0.1, 0.15) is 0 Å². The summed E-state index contributed by atoms with van der Waals surface area (Å²) in [6, 6.07) is 0.201. The van der Waals surface area contributed by atoms with Crippen molar-refractivity contribution in [3.63, 3.8) is 0 Å². The molecule has 0 aromatic heterocycles. The molecule has 0 aliphatic rings. The molecule has 0 aliphatic carbocycles. The first-order valence-electron chi connectivity index (χ1n) is 5.74. The van der Waals surface area contributed by atoms with Gasteiger partial charge in [0.05, 0.1) is 11.0 Å². The van der Waals surface area contributed by atoms with Gasteiger partial charge in [0, 0.05) is 6.04 Å². The smallest absolute Gasteiger partial charge is 0.152 e. The Bertz CT molecular complexity index is 258. The fourth-order valence-corrected chi connectivity index (χ4v) is 2.33. The quantitative estimate of drug-likeness (QED) is 0.686. The molecule has 0 saturated heterocycles. The van der Waals surface area contributed by atoms with Crippen LogP contribution in [0.5, 0.6) is 0 Å². The SMILES string of the molecule is CC(C)C(N)CCCCS(=O)(=O)C(C)C. The predicted molar refractivity (Wildman–Crippen MR) is 65.6 cm³/mol. The van der Waals surface area contributed by atoms with E-state index in [1.807, 2.05) is 0 Å². The van der Waals surface area contributed by atoms with Crippen molar-refractivity contribution in [1.82, 2.24) is 0 Å². The van der Waals surface area contributed by atoms with Crippen LogP contribution < -0.4 is 5.73 Å². The third kappa shape index (κ3) is 6.15. The van der Waals surface area contributed by atoms with E-state index in [0.29, 0.717) is 11.7 Å². The third-order valence-electron chi connectivity index (χ3n) is 2.79. The molecule has 92 valence electrons. The van der Waals surface area contributed by atoms with Gasteiger partial charge < -0.3 is 5.73 Å². The van der Waals surface area contributed by atoms with E-state index in [9.17, 15) is 8.42 Å². The van der Waals surface area contributed by atoms with Gasteiger partial charge in [-0.05, 0) is 32.6 Å². The lowest BCUT2D eigenvalue weighted by atomic mass is 10.00. The zero-order valence-electron chi connectivity index (χ0n) is 10.4. The Hall–Kier alpha value is -0.0900. The zero-order chi connectivity index (χ0) is 12.1. The van der Waals surface area contributed by atoms with Gasteiger partial charge in [-0.1, -0.05) is 20.3 Å². The van der Waals surface area contributed by atoms with Gasteiger partial charge in [0.15, 0.2) is 9.84 Å². The van der Waals surface area contributed by atoms with Crippen LogP contribution >= 0.6 is 0 Å². The standard InChI is InChI=1S/C11H25NO2S/c1-9(2)11(12)7-5-6-8-15(13,14)10(3)4/h9-11H,5-8,12H2,1-4H3. The topological polar surface area (TPSA) is 60.2 Å². The molecule has 1 atom stereocenters. The van der Waals surface area contributed by atoms with E-state index >= 15 is 0 Å². The summed E-state index contributed by atoms with van der Waals surface area (Å²) in [7, 11) is -2.86. The lowest BCUT2D eigenvalue weighted by Crippen LogP contribution is -2.26. The van der Waals surface area contributed by atoms with Gasteiger partial charge in [0.25, 0.3) is 0 Å². The van der Waals surface area contributed by atoms with E-state index in [1.54, 1.807) is 13.8 Å². The van der Waals surface area contributed by atoms with Crippen LogP contribution in [0.15, 0.2) is 0 Å². The van der Waals surface area contributed by atoms with E-state index in [-0.39, 0.29) is 11.3 Å². The number of unbranched alkanes of at least 4 members (excludes halogenated alkanes) is 1. The number of hydrogen-bond acceptors (Lipinski definition) is 3. The molecular weight excluding hydrogens is 210 g/mol. The van der Waals surface area contributed by atoms with Gasteiger partial charge in [-0.15, -0.1) is 0 Å². The Balaban J connectivity index is 3.73. The second kappa shape index (κ2) is 6.48. The minimum atomic E-state index is -2.86. The maximum absolute atomic E-state index is 11.5. The first kappa shape index (κ1) is 14.9. The van der Waals surface area contributed by atoms with E-state index in [0.717, 1.165) is 19.3 Å². The average Bonchev–Trinajstić information content (AvgIpc) is 2.11. The Morgan fingerprint density at radius 2 is 1.60 bits per heavy atom. The summed E-state index contributed by atoms with van der Waals surface area (Å²) >= 11 is 0. The van der Waals surface area contributed by atoms with Crippen molar-refractivity contribution in [2.45, 2.75) is 58.2 Å². The highest BCUT2D eigenvalue weighted by atomic mass is 32.2. The summed E-state index contributed by atoms with van der Waals surface area (Å²) in [5.74, 6) is 0.780. The molecule has 2 N–H and O–H groups in total. The van der Waals surface area contributed by atoms with E-state index in [4.69, 9.17) is 5.73 Å². The highest BCUT2D eigenvalue weighted by Gasteiger charge is 2.15. The van der Waals surface area contributed by atoms with Crippen LogP contribution in [-0.2, 0) is 9.84 Å². The van der Waals surface area contributed by atoms with Crippen LogP contribution in [0.2, 0.25) is 0 Å². The van der Waals surface area contributed by atoms with E-state index < -0.39 is 9.84 Å². The summed E-state index contributed by atoms with van der Waals surface area (Å²) in [5, 5.41) is -0.253. The first-order chi connectivity index (χ1) is 6.77. The van der Waals surface area contributed by atoms with Gasteiger partial charge in [-0.2, -0.15) is 0 Å². The molecule has 0 rings (SSSR count). The largest absolute Gasteiger partial charge is 0.327 e. The molecule has 0 aromatic rings. The first-order valence-corrected chi connectivity index (χ1v) is 7.46. The van der Waals surface area contributed by atoms with Crippen molar-refractivity contribution >= 4 is 9.84 Å². The molecule has 4 heteroatoms. The van der Waals surface area contributed by atoms with Gasteiger partial charge in [0.2, 0.25) is 0 Å². The Labute approximate surface area is 94.4 Å². The van der Waals surface area contributed by atoms with Crippen LogP contribution in [0.4, 0.5) is 0 Å². The monoisotopic (exact) mass is 235 g/mol. The normalized spacial score (nSPS) is 14.9. The maximum atomic E-state index is 11.5. The molecule has 0 saturated carbocycles. The lowest BCUT2D eigenvalue weighted by Gasteiger charge is -2.15. The fourth-order valence-electron chi connectivity index (χ4n) is 1.25. The van der Waals surface area contributed by atoms with Gasteiger partial charge in [-0.25, -0.2) is 8.42 Å². The maximum Gasteiger partial charge on any atom is 0.152 e. The number of nitrogens with two attached hydrogens (primary N) is 1. The number of hydrogen-bond donors (Lipinski definition) is 1. The molecule has 3 nitrogen and oxygen atoms in total. The third-order valence-corrected chi connectivity index (χ3v) is 5.09. The molecule has 0 fully saturated rings. The molecule has 0 amide bonds. The van der Waals surface area contributed by atoms with Gasteiger partial charge in [-0.3, -0.25) is 0 Å². The predicted octanol–water partition coefficient (Wildman–Crippen LogP) is 1.96. The van der Waals surface area contributed by atoms with Crippen LogP contribution in [0, 0.1) is 5.92 Å². The molecular formula is C11H25NO2S. The van der Waals surface area contributed by atoms with Crippen molar-refractivity contribution in [1.29, 1.82) is 0 Å². The highest BCUT2D eigenvalue weighted by Crippen LogP contribution is 2.10. The molecule has 0 heterocycles. The fraction of sp³-hybridized carbons (Fsp3) is 1.00. The van der Waals surface area contributed by atoms with Crippen LogP contribution in [0.3, 0.4) is 0 Å². The molecule has 0 spiro atoms. The minimum absolute atomic E-state index is 0.201. The Kier molecular flexibility index (Phi) is 6.44. The highest BCUT2D eigenvalue weighted by molar-refractivity contribution is 7.91. The van der Waals surface area contributed by atoms with Crippen molar-refractivity contribution in [3.05, 3.63) is 0 Å².